The maximum atomic E-state index is 12.1. The van der Waals surface area contributed by atoms with E-state index in [0.29, 0.717) is 11.4 Å². The molecule has 0 aliphatic rings. The highest BCUT2D eigenvalue weighted by atomic mass is 79.9. The maximum Gasteiger partial charge on any atom is 0.260 e. The molecule has 3 N–H and O–H groups in total. The molecule has 0 aliphatic carbocycles. The number of amides is 3. The number of carbonyl (C=O) groups is 3. The molecule has 0 radical (unpaired) electrons. The highest BCUT2D eigenvalue weighted by Crippen LogP contribution is 2.21. The van der Waals surface area contributed by atoms with Gasteiger partial charge >= 0.3 is 0 Å². The van der Waals surface area contributed by atoms with Crippen molar-refractivity contribution in [3.63, 3.8) is 0 Å². The molecule has 0 heterocycles. The first-order valence-corrected chi connectivity index (χ1v) is 8.93. The number of nitrogens with two attached hydrogens (primary N) is 1. The van der Waals surface area contributed by atoms with Gasteiger partial charge < -0.3 is 20.7 Å². The molecule has 0 unspecified atom stereocenters. The summed E-state index contributed by atoms with van der Waals surface area (Å²) in [6, 6.07) is 13.9. The van der Waals surface area contributed by atoms with E-state index in [1.165, 1.54) is 11.9 Å². The number of nitrogens with zero attached hydrogens (tertiary/aromatic N) is 1. The van der Waals surface area contributed by atoms with E-state index < -0.39 is 5.91 Å². The average molecular weight is 434 g/mol. The van der Waals surface area contributed by atoms with Gasteiger partial charge in [0.2, 0.25) is 11.8 Å². The monoisotopic (exact) mass is 433 g/mol. The van der Waals surface area contributed by atoms with Crippen LogP contribution in [0.4, 0.5) is 5.69 Å². The Hall–Kier alpha value is -2.87. The second-order valence-electron chi connectivity index (χ2n) is 5.85. The molecule has 2 rings (SSSR count). The van der Waals surface area contributed by atoms with Gasteiger partial charge in [-0.3, -0.25) is 14.4 Å². The summed E-state index contributed by atoms with van der Waals surface area (Å²) >= 11 is 3.35. The Kier molecular flexibility index (Phi) is 7.36. The highest BCUT2D eigenvalue weighted by molar-refractivity contribution is 9.10. The number of anilines is 1. The Morgan fingerprint density at radius 1 is 1.11 bits per heavy atom. The predicted octanol–water partition coefficient (Wildman–Crippen LogP) is 1.95. The molecule has 7 nitrogen and oxygen atoms in total. The van der Waals surface area contributed by atoms with Crippen LogP contribution in [0.1, 0.15) is 5.56 Å². The van der Waals surface area contributed by atoms with Gasteiger partial charge in [-0.05, 0) is 45.8 Å². The zero-order valence-electron chi connectivity index (χ0n) is 14.8. The summed E-state index contributed by atoms with van der Waals surface area (Å²) < 4.78 is 6.18. The number of benzene rings is 2. The van der Waals surface area contributed by atoms with E-state index in [1.807, 2.05) is 12.1 Å². The van der Waals surface area contributed by atoms with Crippen molar-refractivity contribution < 1.29 is 19.1 Å². The molecule has 0 spiro atoms. The van der Waals surface area contributed by atoms with Gasteiger partial charge in [-0.15, -0.1) is 0 Å². The first kappa shape index (κ1) is 20.4. The van der Waals surface area contributed by atoms with Crippen molar-refractivity contribution >= 4 is 39.3 Å². The predicted molar refractivity (Wildman–Crippen MR) is 105 cm³/mol. The molecule has 2 aromatic carbocycles. The molecule has 142 valence electrons. The van der Waals surface area contributed by atoms with Crippen LogP contribution < -0.4 is 15.8 Å². The minimum atomic E-state index is -0.415. The van der Waals surface area contributed by atoms with Gasteiger partial charge in [0, 0.05) is 11.5 Å². The van der Waals surface area contributed by atoms with Crippen molar-refractivity contribution in [2.24, 2.45) is 5.73 Å². The van der Waals surface area contributed by atoms with Crippen LogP contribution in [-0.2, 0) is 20.8 Å². The Morgan fingerprint density at radius 3 is 2.41 bits per heavy atom. The number of primary amides is 1. The number of nitrogens with one attached hydrogen (secondary N) is 1. The zero-order chi connectivity index (χ0) is 19.8. The van der Waals surface area contributed by atoms with Crippen molar-refractivity contribution in [3.8, 4) is 5.75 Å². The van der Waals surface area contributed by atoms with Crippen LogP contribution in [0.2, 0.25) is 0 Å². The minimum Gasteiger partial charge on any atom is -0.484 e. The van der Waals surface area contributed by atoms with E-state index in [9.17, 15) is 14.4 Å². The fraction of sp³-hybridized carbons (Fsp3) is 0.211. The van der Waals surface area contributed by atoms with E-state index in [-0.39, 0.29) is 31.4 Å². The minimum absolute atomic E-state index is 0.0962. The summed E-state index contributed by atoms with van der Waals surface area (Å²) in [5.74, 6) is -0.573. The van der Waals surface area contributed by atoms with Crippen LogP contribution in [-0.4, -0.2) is 42.8 Å². The molecule has 0 bridgehead atoms. The molecule has 0 aromatic heterocycles. The number of carbonyl (C=O) groups excluding carboxylic acids is 3. The number of likely N-dealkylation sites (N-methyl/N-ethyl adjacent to an activating group) is 1. The third-order valence-electron chi connectivity index (χ3n) is 3.62. The third kappa shape index (κ3) is 6.74. The Bertz CT molecular complexity index is 824. The first-order valence-electron chi connectivity index (χ1n) is 8.13. The van der Waals surface area contributed by atoms with Crippen molar-refractivity contribution in [2.75, 3.05) is 25.5 Å². The second-order valence-corrected chi connectivity index (χ2v) is 6.71. The maximum absolute atomic E-state index is 12.1. The van der Waals surface area contributed by atoms with Crippen molar-refractivity contribution in [3.05, 3.63) is 58.6 Å². The zero-order valence-corrected chi connectivity index (χ0v) is 16.4. The average Bonchev–Trinajstić information content (AvgIpc) is 2.62. The molecule has 8 heteroatoms. The summed E-state index contributed by atoms with van der Waals surface area (Å²) in [6.07, 6.45) is 0.147. The van der Waals surface area contributed by atoms with Gasteiger partial charge in [0.1, 0.15) is 5.75 Å². The topological polar surface area (TPSA) is 102 Å². The van der Waals surface area contributed by atoms with Gasteiger partial charge in [0.15, 0.2) is 6.61 Å². The van der Waals surface area contributed by atoms with Crippen LogP contribution in [0.5, 0.6) is 5.75 Å². The number of ether oxygens (including phenoxy) is 1. The van der Waals surface area contributed by atoms with E-state index in [2.05, 4.69) is 21.2 Å². The fourth-order valence-corrected chi connectivity index (χ4v) is 2.60. The van der Waals surface area contributed by atoms with Crippen LogP contribution in [0, 0.1) is 0 Å². The summed E-state index contributed by atoms with van der Waals surface area (Å²) in [5.41, 5.74) is 6.54. The summed E-state index contributed by atoms with van der Waals surface area (Å²) in [7, 11) is 1.53. The van der Waals surface area contributed by atoms with E-state index in [4.69, 9.17) is 10.5 Å². The lowest BCUT2D eigenvalue weighted by Gasteiger charge is -2.17. The molecule has 2 aromatic rings. The second kappa shape index (κ2) is 9.72. The van der Waals surface area contributed by atoms with Crippen molar-refractivity contribution in [1.29, 1.82) is 0 Å². The van der Waals surface area contributed by atoms with E-state index in [1.54, 1.807) is 36.4 Å². The van der Waals surface area contributed by atoms with Gasteiger partial charge in [0.05, 0.1) is 18.7 Å². The number of hydrogen-bond acceptors (Lipinski definition) is 4. The summed E-state index contributed by atoms with van der Waals surface area (Å²) in [6.45, 7) is -0.297. The Morgan fingerprint density at radius 2 is 1.78 bits per heavy atom. The van der Waals surface area contributed by atoms with Crippen molar-refractivity contribution in [2.45, 2.75) is 6.42 Å². The van der Waals surface area contributed by atoms with Crippen LogP contribution >= 0.6 is 15.9 Å². The first-order chi connectivity index (χ1) is 12.8. The lowest BCUT2D eigenvalue weighted by atomic mass is 10.1. The van der Waals surface area contributed by atoms with Crippen molar-refractivity contribution in [1.82, 2.24) is 4.90 Å². The molecule has 0 saturated carbocycles. The van der Waals surface area contributed by atoms with E-state index >= 15 is 0 Å². The lowest BCUT2D eigenvalue weighted by molar-refractivity contribution is -0.135. The molecular weight excluding hydrogens is 414 g/mol. The molecular formula is C19H20BrN3O4. The number of para-hydroxylation sites is 1. The molecule has 0 fully saturated rings. The summed E-state index contributed by atoms with van der Waals surface area (Å²) in [4.78, 5) is 36.4. The SMILES string of the molecule is CN(CC(=O)Nc1ccccc1Br)C(=O)COc1ccc(CC(N)=O)cc1. The fourth-order valence-electron chi connectivity index (χ4n) is 2.22. The van der Waals surface area contributed by atoms with Crippen LogP contribution in [0.25, 0.3) is 0 Å². The molecule has 0 aliphatic heterocycles. The van der Waals surface area contributed by atoms with Gasteiger partial charge in [-0.1, -0.05) is 24.3 Å². The summed E-state index contributed by atoms with van der Waals surface area (Å²) in [5, 5.41) is 2.73. The molecule has 3 amide bonds. The normalized spacial score (nSPS) is 10.1. The smallest absolute Gasteiger partial charge is 0.260 e. The quantitative estimate of drug-likeness (QED) is 0.663. The third-order valence-corrected chi connectivity index (χ3v) is 4.31. The van der Waals surface area contributed by atoms with Gasteiger partial charge in [-0.2, -0.15) is 0 Å². The number of halogens is 1. The van der Waals surface area contributed by atoms with Crippen LogP contribution in [0.15, 0.2) is 53.0 Å². The number of hydrogen-bond donors (Lipinski definition) is 2. The Labute approximate surface area is 165 Å². The number of rotatable bonds is 8. The standard InChI is InChI=1S/C19H20BrN3O4/c1-23(11-18(25)22-16-5-3-2-4-15(16)20)19(26)12-27-14-8-6-13(7-9-14)10-17(21)24/h2-9H,10-12H2,1H3,(H2,21,24)(H,22,25). The molecule has 0 atom stereocenters. The largest absolute Gasteiger partial charge is 0.484 e. The van der Waals surface area contributed by atoms with E-state index in [0.717, 1.165) is 10.0 Å². The lowest BCUT2D eigenvalue weighted by Crippen LogP contribution is -2.37. The van der Waals surface area contributed by atoms with Crippen LogP contribution in [0.3, 0.4) is 0 Å². The Balaban J connectivity index is 1.80. The highest BCUT2D eigenvalue weighted by Gasteiger charge is 2.14. The van der Waals surface area contributed by atoms with Gasteiger partial charge in [-0.25, -0.2) is 0 Å². The van der Waals surface area contributed by atoms with Gasteiger partial charge in [0.25, 0.3) is 5.91 Å². The molecule has 0 saturated heterocycles. The molecule has 27 heavy (non-hydrogen) atoms.